The molecule has 0 unspecified atom stereocenters. The number of rotatable bonds is 5. The van der Waals surface area contributed by atoms with E-state index in [-0.39, 0.29) is 24.7 Å². The molecule has 0 atom stereocenters. The van der Waals surface area contributed by atoms with Crippen LogP contribution in [-0.2, 0) is 19.3 Å². The highest BCUT2D eigenvalue weighted by atomic mass is 32.2. The zero-order valence-electron chi connectivity index (χ0n) is 7.78. The Morgan fingerprint density at radius 2 is 1.85 bits per heavy atom. The lowest BCUT2D eigenvalue weighted by Gasteiger charge is -2.03. The van der Waals surface area contributed by atoms with E-state index in [4.69, 9.17) is 0 Å². The molecule has 0 rings (SSSR count). The van der Waals surface area contributed by atoms with Gasteiger partial charge in [0.15, 0.2) is 9.84 Å². The van der Waals surface area contributed by atoms with Gasteiger partial charge < -0.3 is 9.47 Å². The smallest absolute Gasteiger partial charge is 0.435 e. The van der Waals surface area contributed by atoms with Gasteiger partial charge in [0.2, 0.25) is 0 Å². The monoisotopic (exact) mass is 210 g/mol. The molecule has 0 bridgehead atoms. The molecule has 13 heavy (non-hydrogen) atoms. The molecule has 0 N–H and O–H groups in total. The van der Waals surface area contributed by atoms with Gasteiger partial charge in [-0.1, -0.05) is 6.92 Å². The molecular formula is C7H14O5S. The molecule has 0 aliphatic heterocycles. The van der Waals surface area contributed by atoms with Crippen molar-refractivity contribution in [2.45, 2.75) is 13.8 Å². The van der Waals surface area contributed by atoms with Crippen LogP contribution in [0.3, 0.4) is 0 Å². The van der Waals surface area contributed by atoms with Crippen molar-refractivity contribution in [3.05, 3.63) is 0 Å². The van der Waals surface area contributed by atoms with Crippen LogP contribution < -0.4 is 0 Å². The van der Waals surface area contributed by atoms with E-state index in [1.54, 1.807) is 13.8 Å². The van der Waals surface area contributed by atoms with Gasteiger partial charge in [-0.15, -0.1) is 0 Å². The molecule has 0 saturated carbocycles. The summed E-state index contributed by atoms with van der Waals surface area (Å²) in [7, 11) is -3.06. The molecule has 0 saturated heterocycles. The predicted octanol–water partition coefficient (Wildman–Crippen LogP) is 0.594. The Morgan fingerprint density at radius 3 is 2.31 bits per heavy atom. The molecule has 0 radical (unpaired) electrons. The van der Waals surface area contributed by atoms with Crippen molar-refractivity contribution in [2.24, 2.45) is 0 Å². The fourth-order valence-corrected chi connectivity index (χ4v) is 1.18. The lowest BCUT2D eigenvalue weighted by Crippen LogP contribution is -2.17. The average Bonchev–Trinajstić information content (AvgIpc) is 2.05. The Kier molecular flexibility index (Phi) is 5.45. The first-order chi connectivity index (χ1) is 6.02. The second kappa shape index (κ2) is 5.80. The number of carbonyl (C=O) groups excluding carboxylic acids is 1. The second-order valence-electron chi connectivity index (χ2n) is 2.27. The predicted molar refractivity (Wildman–Crippen MR) is 47.3 cm³/mol. The van der Waals surface area contributed by atoms with Gasteiger partial charge in [-0.25, -0.2) is 13.2 Å². The van der Waals surface area contributed by atoms with Crippen LogP contribution >= 0.6 is 0 Å². The number of ether oxygens (including phenoxy) is 2. The van der Waals surface area contributed by atoms with Crippen molar-refractivity contribution in [3.63, 3.8) is 0 Å². The molecule has 0 aliphatic rings. The molecule has 78 valence electrons. The maximum absolute atomic E-state index is 10.9. The molecular weight excluding hydrogens is 196 g/mol. The summed E-state index contributed by atoms with van der Waals surface area (Å²) in [6.07, 6.45) is -0.825. The normalized spacial score (nSPS) is 10.9. The summed E-state index contributed by atoms with van der Waals surface area (Å²) in [6.45, 7) is 3.26. The average molecular weight is 210 g/mol. The lowest BCUT2D eigenvalue weighted by molar-refractivity contribution is 0.0635. The standard InChI is InChI=1S/C7H14O5S/c1-3-11-7(8)12-5-6-13(9,10)4-2/h3-6H2,1-2H3. The van der Waals surface area contributed by atoms with E-state index in [9.17, 15) is 13.2 Å². The molecule has 0 heterocycles. The fraction of sp³-hybridized carbons (Fsp3) is 0.857. The minimum absolute atomic E-state index is 0.0547. The minimum atomic E-state index is -3.06. The SMILES string of the molecule is CCOC(=O)OCCS(=O)(=O)CC. The topological polar surface area (TPSA) is 69.7 Å². The van der Waals surface area contributed by atoms with Crippen LogP contribution in [0.4, 0.5) is 4.79 Å². The van der Waals surface area contributed by atoms with Gasteiger partial charge in [-0.05, 0) is 6.92 Å². The number of carbonyl (C=O) groups is 1. The summed E-state index contributed by atoms with van der Waals surface area (Å²) in [5.74, 6) is -0.0957. The maximum atomic E-state index is 10.9. The molecule has 6 heteroatoms. The van der Waals surface area contributed by atoms with E-state index >= 15 is 0 Å². The van der Waals surface area contributed by atoms with E-state index < -0.39 is 16.0 Å². The van der Waals surface area contributed by atoms with Gasteiger partial charge in [0.1, 0.15) is 6.61 Å². The van der Waals surface area contributed by atoms with Crippen LogP contribution in [0, 0.1) is 0 Å². The van der Waals surface area contributed by atoms with E-state index in [2.05, 4.69) is 9.47 Å². The Bertz CT molecular complexity index is 244. The largest absolute Gasteiger partial charge is 0.508 e. The summed E-state index contributed by atoms with van der Waals surface area (Å²) in [5, 5.41) is 0. The van der Waals surface area contributed by atoms with Gasteiger partial charge in [0.05, 0.1) is 12.4 Å². The maximum Gasteiger partial charge on any atom is 0.508 e. The van der Waals surface area contributed by atoms with Crippen molar-refractivity contribution >= 4 is 16.0 Å². The van der Waals surface area contributed by atoms with Gasteiger partial charge >= 0.3 is 6.16 Å². The molecule has 0 aliphatic carbocycles. The quantitative estimate of drug-likeness (QED) is 0.621. The van der Waals surface area contributed by atoms with Crippen molar-refractivity contribution in [1.82, 2.24) is 0 Å². The van der Waals surface area contributed by atoms with E-state index in [0.717, 1.165) is 0 Å². The summed E-state index contributed by atoms with van der Waals surface area (Å²) in [5.41, 5.74) is 0. The van der Waals surface area contributed by atoms with Crippen molar-refractivity contribution in [2.75, 3.05) is 24.7 Å². The Morgan fingerprint density at radius 1 is 1.23 bits per heavy atom. The van der Waals surface area contributed by atoms with E-state index in [1.165, 1.54) is 0 Å². The van der Waals surface area contributed by atoms with Crippen LogP contribution in [0.5, 0.6) is 0 Å². The molecule has 0 amide bonds. The first kappa shape index (κ1) is 12.2. The van der Waals surface area contributed by atoms with Crippen LogP contribution in [0.2, 0.25) is 0 Å². The molecule has 0 spiro atoms. The minimum Gasteiger partial charge on any atom is -0.435 e. The van der Waals surface area contributed by atoms with Crippen LogP contribution in [-0.4, -0.2) is 39.3 Å². The summed E-state index contributed by atoms with van der Waals surface area (Å²) in [4.78, 5) is 10.6. The van der Waals surface area contributed by atoms with Crippen LogP contribution in [0.1, 0.15) is 13.8 Å². The highest BCUT2D eigenvalue weighted by Crippen LogP contribution is 1.91. The molecule has 0 aromatic heterocycles. The summed E-state index contributed by atoms with van der Waals surface area (Å²) >= 11 is 0. The molecule has 5 nitrogen and oxygen atoms in total. The first-order valence-electron chi connectivity index (χ1n) is 4.01. The Labute approximate surface area is 77.9 Å². The van der Waals surface area contributed by atoms with Gasteiger partial charge in [0, 0.05) is 5.75 Å². The zero-order chi connectivity index (χ0) is 10.3. The van der Waals surface area contributed by atoms with Gasteiger partial charge in [-0.3, -0.25) is 0 Å². The van der Waals surface area contributed by atoms with E-state index in [1.807, 2.05) is 0 Å². The van der Waals surface area contributed by atoms with Crippen LogP contribution in [0.15, 0.2) is 0 Å². The second-order valence-corrected chi connectivity index (χ2v) is 4.74. The zero-order valence-corrected chi connectivity index (χ0v) is 8.59. The summed E-state index contributed by atoms with van der Waals surface area (Å²) in [6, 6.07) is 0. The molecule has 0 aromatic carbocycles. The van der Waals surface area contributed by atoms with Crippen molar-refractivity contribution in [1.29, 1.82) is 0 Å². The molecule has 0 aromatic rings. The number of sulfone groups is 1. The Hall–Kier alpha value is -0.780. The lowest BCUT2D eigenvalue weighted by atomic mass is 10.8. The number of hydrogen-bond donors (Lipinski definition) is 0. The van der Waals surface area contributed by atoms with Crippen molar-refractivity contribution < 1.29 is 22.7 Å². The highest BCUT2D eigenvalue weighted by molar-refractivity contribution is 7.91. The molecule has 0 fully saturated rings. The van der Waals surface area contributed by atoms with Crippen molar-refractivity contribution in [3.8, 4) is 0 Å². The van der Waals surface area contributed by atoms with Gasteiger partial charge in [-0.2, -0.15) is 0 Å². The third kappa shape index (κ3) is 6.39. The fourth-order valence-electron chi connectivity index (χ4n) is 0.556. The number of hydrogen-bond acceptors (Lipinski definition) is 5. The van der Waals surface area contributed by atoms with Gasteiger partial charge in [0.25, 0.3) is 0 Å². The first-order valence-corrected chi connectivity index (χ1v) is 5.84. The Balaban J connectivity index is 3.62. The third-order valence-electron chi connectivity index (χ3n) is 1.32. The summed E-state index contributed by atoms with van der Waals surface area (Å²) < 4.78 is 30.7. The van der Waals surface area contributed by atoms with Crippen LogP contribution in [0.25, 0.3) is 0 Å². The third-order valence-corrected chi connectivity index (χ3v) is 2.98. The highest BCUT2D eigenvalue weighted by Gasteiger charge is 2.09. The van der Waals surface area contributed by atoms with E-state index in [0.29, 0.717) is 0 Å².